The molecule has 20 heavy (non-hydrogen) atoms. The highest BCUT2D eigenvalue weighted by Crippen LogP contribution is 2.30. The number of carboxylic acid groups (broad SMARTS) is 1. The Bertz CT molecular complexity index is 331. The highest BCUT2D eigenvalue weighted by atomic mass is 16.4. The van der Waals surface area contributed by atoms with E-state index < -0.39 is 5.97 Å². The monoisotopic (exact) mass is 284 g/mol. The van der Waals surface area contributed by atoms with Gasteiger partial charge in [0.2, 0.25) is 0 Å². The van der Waals surface area contributed by atoms with Crippen LogP contribution in [0.5, 0.6) is 0 Å². The maximum atomic E-state index is 12.0. The first-order valence-corrected chi connectivity index (χ1v) is 7.69. The van der Waals surface area contributed by atoms with Gasteiger partial charge in [-0.1, -0.05) is 26.7 Å². The van der Waals surface area contributed by atoms with Crippen LogP contribution < -0.4 is 10.6 Å². The van der Waals surface area contributed by atoms with Crippen LogP contribution in [-0.4, -0.2) is 29.2 Å². The summed E-state index contributed by atoms with van der Waals surface area (Å²) < 4.78 is 0. The zero-order valence-electron chi connectivity index (χ0n) is 12.8. The molecular weight excluding hydrogens is 256 g/mol. The molecule has 3 atom stereocenters. The van der Waals surface area contributed by atoms with Crippen molar-refractivity contribution in [3.05, 3.63) is 0 Å². The molecule has 1 fully saturated rings. The van der Waals surface area contributed by atoms with Crippen LogP contribution in [0.1, 0.15) is 59.3 Å². The van der Waals surface area contributed by atoms with E-state index in [-0.39, 0.29) is 24.5 Å². The Morgan fingerprint density at radius 2 is 1.85 bits per heavy atom. The largest absolute Gasteiger partial charge is 0.481 e. The molecule has 0 bridgehead atoms. The Morgan fingerprint density at radius 3 is 2.45 bits per heavy atom. The lowest BCUT2D eigenvalue weighted by Gasteiger charge is -2.35. The van der Waals surface area contributed by atoms with Crippen molar-refractivity contribution >= 4 is 12.0 Å². The summed E-state index contributed by atoms with van der Waals surface area (Å²) in [6.07, 6.45) is 5.18. The number of nitrogens with one attached hydrogen (secondary N) is 2. The van der Waals surface area contributed by atoms with E-state index in [2.05, 4.69) is 24.5 Å². The van der Waals surface area contributed by atoms with Gasteiger partial charge in [-0.2, -0.15) is 0 Å². The average Bonchev–Trinajstić information content (AvgIpc) is 2.36. The lowest BCUT2D eigenvalue weighted by atomic mass is 9.78. The molecule has 0 aromatic heterocycles. The van der Waals surface area contributed by atoms with Crippen LogP contribution in [-0.2, 0) is 4.79 Å². The molecule has 0 aliphatic heterocycles. The van der Waals surface area contributed by atoms with E-state index in [1.54, 1.807) is 0 Å². The number of hydrogen-bond acceptors (Lipinski definition) is 2. The third-order valence-corrected chi connectivity index (χ3v) is 4.16. The number of carbonyl (C=O) groups is 2. The van der Waals surface area contributed by atoms with Crippen LogP contribution in [0.4, 0.5) is 4.79 Å². The smallest absolute Gasteiger partial charge is 0.315 e. The van der Waals surface area contributed by atoms with Crippen LogP contribution in [0.3, 0.4) is 0 Å². The molecule has 1 saturated carbocycles. The predicted octanol–water partition coefficient (Wildman–Crippen LogP) is 2.75. The van der Waals surface area contributed by atoms with Crippen molar-refractivity contribution in [3.63, 3.8) is 0 Å². The van der Waals surface area contributed by atoms with Crippen molar-refractivity contribution in [1.29, 1.82) is 0 Å². The fraction of sp³-hybridized carbons (Fsp3) is 0.867. The highest BCUT2D eigenvalue weighted by molar-refractivity contribution is 5.74. The molecule has 0 aromatic carbocycles. The zero-order valence-corrected chi connectivity index (χ0v) is 12.8. The van der Waals surface area contributed by atoms with Crippen molar-refractivity contribution in [3.8, 4) is 0 Å². The number of aliphatic carboxylic acids is 1. The second-order valence-electron chi connectivity index (χ2n) is 6.25. The molecule has 5 heteroatoms. The zero-order chi connectivity index (χ0) is 15.1. The lowest BCUT2D eigenvalue weighted by Crippen LogP contribution is -2.50. The first kappa shape index (κ1) is 16.8. The number of urea groups is 1. The van der Waals surface area contributed by atoms with Gasteiger partial charge in [-0.15, -0.1) is 0 Å². The van der Waals surface area contributed by atoms with Crippen LogP contribution in [0.15, 0.2) is 0 Å². The third-order valence-electron chi connectivity index (χ3n) is 4.16. The Morgan fingerprint density at radius 1 is 1.20 bits per heavy atom. The summed E-state index contributed by atoms with van der Waals surface area (Å²) >= 11 is 0. The van der Waals surface area contributed by atoms with Gasteiger partial charge in [0, 0.05) is 18.5 Å². The van der Waals surface area contributed by atoms with E-state index in [1.807, 2.05) is 6.92 Å². The summed E-state index contributed by atoms with van der Waals surface area (Å²) in [5.41, 5.74) is 0. The van der Waals surface area contributed by atoms with Gasteiger partial charge < -0.3 is 15.7 Å². The summed E-state index contributed by atoms with van der Waals surface area (Å²) in [7, 11) is 0. The second kappa shape index (κ2) is 8.12. The van der Waals surface area contributed by atoms with E-state index in [0.29, 0.717) is 18.3 Å². The van der Waals surface area contributed by atoms with Crippen molar-refractivity contribution in [2.45, 2.75) is 71.4 Å². The molecule has 0 aromatic rings. The minimum atomic E-state index is -0.828. The summed E-state index contributed by atoms with van der Waals surface area (Å²) in [4.78, 5) is 22.5. The fourth-order valence-electron chi connectivity index (χ4n) is 2.98. The number of amides is 2. The van der Waals surface area contributed by atoms with E-state index in [0.717, 1.165) is 6.42 Å². The van der Waals surface area contributed by atoms with Crippen LogP contribution in [0.2, 0.25) is 0 Å². The van der Waals surface area contributed by atoms with Gasteiger partial charge in [-0.3, -0.25) is 4.79 Å². The van der Waals surface area contributed by atoms with Crippen LogP contribution in [0, 0.1) is 11.8 Å². The Labute approximate surface area is 121 Å². The van der Waals surface area contributed by atoms with Crippen molar-refractivity contribution in [2.75, 3.05) is 0 Å². The molecular formula is C15H28N2O3. The molecule has 116 valence electrons. The first-order valence-electron chi connectivity index (χ1n) is 7.69. The van der Waals surface area contributed by atoms with Gasteiger partial charge in [0.05, 0.1) is 0 Å². The molecule has 1 aliphatic rings. The summed E-state index contributed by atoms with van der Waals surface area (Å²) in [6.45, 7) is 6.25. The molecule has 0 saturated heterocycles. The van der Waals surface area contributed by atoms with E-state index in [1.165, 1.54) is 19.3 Å². The predicted molar refractivity (Wildman–Crippen MR) is 78.6 cm³/mol. The number of carbonyl (C=O) groups excluding carboxylic acids is 1. The third kappa shape index (κ3) is 5.80. The summed E-state index contributed by atoms with van der Waals surface area (Å²) in [5.74, 6) is 0.292. The van der Waals surface area contributed by atoms with Gasteiger partial charge in [-0.25, -0.2) is 4.79 Å². The van der Waals surface area contributed by atoms with Gasteiger partial charge >= 0.3 is 12.0 Å². The van der Waals surface area contributed by atoms with Crippen molar-refractivity contribution in [1.82, 2.24) is 10.6 Å². The SMILES string of the molecule is CC(CCC(=O)O)NC(=O)NC1CCCCC1C(C)C. The Kier molecular flexibility index (Phi) is 6.82. The van der Waals surface area contributed by atoms with Crippen molar-refractivity contribution in [2.24, 2.45) is 11.8 Å². The Balaban J connectivity index is 2.38. The van der Waals surface area contributed by atoms with E-state index in [4.69, 9.17) is 5.11 Å². The second-order valence-corrected chi connectivity index (χ2v) is 6.25. The minimum absolute atomic E-state index is 0.0828. The first-order chi connectivity index (χ1) is 9.40. The molecule has 0 spiro atoms. The van der Waals surface area contributed by atoms with E-state index in [9.17, 15) is 9.59 Å². The quantitative estimate of drug-likeness (QED) is 0.701. The summed E-state index contributed by atoms with van der Waals surface area (Å²) in [5, 5.41) is 14.5. The maximum absolute atomic E-state index is 12.0. The molecule has 3 unspecified atom stereocenters. The maximum Gasteiger partial charge on any atom is 0.315 e. The standard InChI is InChI=1S/C15H28N2O3/c1-10(2)12-6-4-5-7-13(12)17-15(20)16-11(3)8-9-14(18)19/h10-13H,4-9H2,1-3H3,(H,18,19)(H2,16,17,20). The van der Waals surface area contributed by atoms with Gasteiger partial charge in [0.15, 0.2) is 0 Å². The topological polar surface area (TPSA) is 78.4 Å². The molecule has 0 radical (unpaired) electrons. The lowest BCUT2D eigenvalue weighted by molar-refractivity contribution is -0.137. The summed E-state index contributed by atoms with van der Waals surface area (Å²) in [6, 6.07) is -0.0388. The Hall–Kier alpha value is -1.26. The van der Waals surface area contributed by atoms with Gasteiger partial charge in [0.1, 0.15) is 0 Å². The van der Waals surface area contributed by atoms with E-state index >= 15 is 0 Å². The fourth-order valence-corrected chi connectivity index (χ4v) is 2.98. The van der Waals surface area contributed by atoms with Gasteiger partial charge in [0.25, 0.3) is 0 Å². The number of rotatable bonds is 6. The minimum Gasteiger partial charge on any atom is -0.481 e. The molecule has 1 aliphatic carbocycles. The molecule has 1 rings (SSSR count). The normalized spacial score (nSPS) is 24.2. The molecule has 0 heterocycles. The van der Waals surface area contributed by atoms with Crippen LogP contribution >= 0.6 is 0 Å². The van der Waals surface area contributed by atoms with Gasteiger partial charge in [-0.05, 0) is 38.0 Å². The molecule has 3 N–H and O–H groups in total. The highest BCUT2D eigenvalue weighted by Gasteiger charge is 2.28. The number of hydrogen-bond donors (Lipinski definition) is 3. The average molecular weight is 284 g/mol. The molecule has 5 nitrogen and oxygen atoms in total. The molecule has 2 amide bonds. The van der Waals surface area contributed by atoms with Crippen molar-refractivity contribution < 1.29 is 14.7 Å². The van der Waals surface area contributed by atoms with Crippen LogP contribution in [0.25, 0.3) is 0 Å². The number of carboxylic acids is 1.